The third-order valence-electron chi connectivity index (χ3n) is 8.12. The second-order valence-corrected chi connectivity index (χ2v) is 24.4. The number of hydrogen-bond acceptors (Lipinski definition) is 3. The summed E-state index contributed by atoms with van der Waals surface area (Å²) >= 11 is -0.102. The van der Waals surface area contributed by atoms with Crippen molar-refractivity contribution in [2.45, 2.75) is 43.9 Å². The van der Waals surface area contributed by atoms with Crippen LogP contribution in [0.3, 0.4) is 0 Å². The average molecular weight is 875 g/mol. The molecule has 0 aliphatic heterocycles. The molecule has 0 N–H and O–H groups in total. The molecule has 3 aromatic heterocycles. The van der Waals surface area contributed by atoms with Gasteiger partial charge in [-0.3, -0.25) is 0 Å². The van der Waals surface area contributed by atoms with E-state index in [0.29, 0.717) is 5.56 Å². The van der Waals surface area contributed by atoms with Crippen LogP contribution in [0.25, 0.3) is 53.8 Å². The maximum absolute atomic E-state index is 14.3. The number of aromatic nitrogens is 2. The van der Waals surface area contributed by atoms with E-state index in [2.05, 4.69) is 82.8 Å². The zero-order valence-corrected chi connectivity index (χ0v) is 32.7. The van der Waals surface area contributed by atoms with Crippen molar-refractivity contribution in [2.24, 2.45) is 0 Å². The number of rotatable bonds is 5. The molecule has 0 unspecified atom stereocenters. The van der Waals surface area contributed by atoms with Gasteiger partial charge in [0.1, 0.15) is 5.82 Å². The van der Waals surface area contributed by atoms with Gasteiger partial charge in [0.15, 0.2) is 0 Å². The first-order chi connectivity index (χ1) is 22.4. The van der Waals surface area contributed by atoms with Crippen LogP contribution in [-0.4, -0.2) is 23.2 Å². The van der Waals surface area contributed by atoms with E-state index in [0.717, 1.165) is 53.8 Å². The van der Waals surface area contributed by atoms with Crippen molar-refractivity contribution >= 4 is 49.2 Å². The Bertz CT molecular complexity index is 2200. The Morgan fingerprint density at radius 2 is 1.62 bits per heavy atom. The number of aryl methyl sites for hydroxylation is 1. The molecule has 0 aliphatic carbocycles. The maximum Gasteiger partial charge on any atom is 0.131 e. The van der Waals surface area contributed by atoms with Crippen LogP contribution in [0, 0.1) is 24.9 Å². The monoisotopic (exact) mass is 876 g/mol. The molecule has 1 radical (unpaired) electrons. The third-order valence-corrected chi connectivity index (χ3v) is 13.8. The summed E-state index contributed by atoms with van der Waals surface area (Å²) in [6.07, 6.45) is 3.84. The van der Waals surface area contributed by atoms with Crippen LogP contribution in [0.15, 0.2) is 109 Å². The van der Waals surface area contributed by atoms with Crippen molar-refractivity contribution in [2.75, 3.05) is 0 Å². The molecule has 4 aromatic carbocycles. The first-order valence-corrected chi connectivity index (χ1v) is 23.6. The third kappa shape index (κ3) is 7.65. The van der Waals surface area contributed by atoms with Crippen LogP contribution >= 0.6 is 11.3 Å². The van der Waals surface area contributed by atoms with Gasteiger partial charge >= 0.3 is 106 Å². The number of fused-ring (bicyclic) bond motifs is 3. The zero-order valence-electron chi connectivity index (χ0n) is 28.4. The molecule has 47 heavy (non-hydrogen) atoms. The van der Waals surface area contributed by atoms with E-state index >= 15 is 0 Å². The Hall–Kier alpha value is -3.48. The summed E-state index contributed by atoms with van der Waals surface area (Å²) in [5.41, 5.74) is 7.62. The number of nitrogens with zero attached hydrogens (tertiary/aromatic N) is 2. The quantitative estimate of drug-likeness (QED) is 0.127. The van der Waals surface area contributed by atoms with E-state index in [-0.39, 0.29) is 25.9 Å². The molecule has 6 heteroatoms. The van der Waals surface area contributed by atoms with Crippen LogP contribution < -0.4 is 4.40 Å². The second kappa shape index (κ2) is 14.7. The molecule has 0 atom stereocenters. The molecular formula is C41H37FGeIrN2S-2. The smallest absolute Gasteiger partial charge is 0.131 e. The fourth-order valence-electron chi connectivity index (χ4n) is 5.71. The van der Waals surface area contributed by atoms with Gasteiger partial charge in [0.25, 0.3) is 0 Å². The summed E-state index contributed by atoms with van der Waals surface area (Å²) in [6, 6.07) is 37.6. The molecule has 0 fully saturated rings. The fourth-order valence-corrected chi connectivity index (χ4v) is 10.5. The summed E-state index contributed by atoms with van der Waals surface area (Å²) in [6.45, 7) is 5.94. The number of benzene rings is 4. The van der Waals surface area contributed by atoms with Gasteiger partial charge in [0.2, 0.25) is 0 Å². The first-order valence-electron chi connectivity index (χ1n) is 15.9. The molecular weight excluding hydrogens is 836 g/mol. The van der Waals surface area contributed by atoms with Crippen molar-refractivity contribution in [3.8, 4) is 33.6 Å². The van der Waals surface area contributed by atoms with E-state index in [9.17, 15) is 4.39 Å². The van der Waals surface area contributed by atoms with E-state index in [1.807, 2.05) is 62.4 Å². The standard InChI is InChI=1S/C26H19FNS.C15H18GeN.Ir/c1-16(2)17-12-13-28-24(14-17)22-8-5-7-21-20-11-10-18(15-25(20)29-26(21)22)19-6-3-4-9-23(19)27;1-12-10-15(13-8-6-5-7-9-13)17-11-14(12)16(2,3)4;/h3-7,9-16H,1-2H3;5-8,10-11H,1-4H3;/q2*-1;/i16D;;. The second-order valence-electron chi connectivity index (χ2n) is 12.7. The van der Waals surface area contributed by atoms with E-state index in [1.54, 1.807) is 29.7 Å². The van der Waals surface area contributed by atoms with E-state index in [1.165, 1.54) is 16.0 Å². The SMILES string of the molecule is Cc1cc(-c2[c-]cccc2)nc[c]1[Ge]([CH3])([CH3])[CH3].[2H]C(C)(C)c1ccnc(-c2[c-]ccc3c2sc2cc(-c4ccccc4F)ccc23)c1.[Ir]. The van der Waals surface area contributed by atoms with Crippen molar-refractivity contribution in [1.29, 1.82) is 0 Å². The molecule has 0 aliphatic rings. The van der Waals surface area contributed by atoms with Crippen LogP contribution in [0.5, 0.6) is 0 Å². The van der Waals surface area contributed by atoms with E-state index < -0.39 is 19.2 Å². The van der Waals surface area contributed by atoms with Crippen LogP contribution in [0.2, 0.25) is 17.3 Å². The molecule has 239 valence electrons. The topological polar surface area (TPSA) is 25.8 Å². The molecule has 2 nitrogen and oxygen atoms in total. The van der Waals surface area contributed by atoms with Gasteiger partial charge < -0.3 is 4.98 Å². The molecule has 0 saturated heterocycles. The molecule has 0 saturated carbocycles. The predicted molar refractivity (Wildman–Crippen MR) is 197 cm³/mol. The number of thiophene rings is 1. The van der Waals surface area contributed by atoms with Gasteiger partial charge in [0, 0.05) is 37.9 Å². The minimum absolute atomic E-state index is 0. The minimum atomic E-state index is -1.77. The summed E-state index contributed by atoms with van der Waals surface area (Å²) in [4.78, 5) is 9.15. The van der Waals surface area contributed by atoms with Crippen molar-refractivity contribution in [3.63, 3.8) is 0 Å². The van der Waals surface area contributed by atoms with Gasteiger partial charge in [-0.2, -0.15) is 11.3 Å². The molecule has 0 bridgehead atoms. The molecule has 0 amide bonds. The van der Waals surface area contributed by atoms with Gasteiger partial charge in [-0.25, -0.2) is 4.39 Å². The normalized spacial score (nSPS) is 11.9. The van der Waals surface area contributed by atoms with E-state index in [4.69, 9.17) is 1.37 Å². The summed E-state index contributed by atoms with van der Waals surface area (Å²) in [5, 5.41) is 2.28. The number of hydrogen-bond donors (Lipinski definition) is 0. The van der Waals surface area contributed by atoms with Gasteiger partial charge in [-0.15, -0.1) is 23.8 Å². The van der Waals surface area contributed by atoms with Crippen LogP contribution in [0.4, 0.5) is 4.39 Å². The maximum atomic E-state index is 14.3. The van der Waals surface area contributed by atoms with Gasteiger partial charge in [-0.1, -0.05) is 61.2 Å². The summed E-state index contributed by atoms with van der Waals surface area (Å²) in [7, 11) is 0. The van der Waals surface area contributed by atoms with Crippen LogP contribution in [0.1, 0.15) is 32.2 Å². The molecule has 7 rings (SSSR count). The summed E-state index contributed by atoms with van der Waals surface area (Å²) in [5.74, 6) is 6.29. The largest absolute Gasteiger partial charge is 0.305 e. The molecule has 0 spiro atoms. The Labute approximate surface area is 299 Å². The van der Waals surface area contributed by atoms with Crippen molar-refractivity contribution < 1.29 is 25.9 Å². The minimum Gasteiger partial charge on any atom is -0.305 e. The average Bonchev–Trinajstić information content (AvgIpc) is 3.43. The van der Waals surface area contributed by atoms with Crippen molar-refractivity contribution in [3.05, 3.63) is 139 Å². The Kier molecular flexibility index (Phi) is 10.5. The molecule has 3 heterocycles. The number of pyridine rings is 2. The predicted octanol–water partition coefficient (Wildman–Crippen LogP) is 11.2. The van der Waals surface area contributed by atoms with Crippen LogP contribution in [-0.2, 0) is 20.1 Å². The molecule has 7 aromatic rings. The fraction of sp³-hybridized carbons (Fsp3) is 0.171. The summed E-state index contributed by atoms with van der Waals surface area (Å²) < 4.78 is 26.3. The van der Waals surface area contributed by atoms with Gasteiger partial charge in [-0.05, 0) is 45.4 Å². The first kappa shape index (κ1) is 33.4. The Balaban J connectivity index is 0.000000214. The number of halogens is 1. The Morgan fingerprint density at radius 3 is 2.32 bits per heavy atom. The van der Waals surface area contributed by atoms with Crippen molar-refractivity contribution in [1.82, 2.24) is 9.97 Å². The Morgan fingerprint density at radius 1 is 0.830 bits per heavy atom. The zero-order chi connectivity index (χ0) is 33.3. The van der Waals surface area contributed by atoms with Gasteiger partial charge in [0.05, 0.1) is 0 Å².